The smallest absolute Gasteiger partial charge is 0.231 e. The average Bonchev–Trinajstić information content (AvgIpc) is 2.59. The van der Waals surface area contributed by atoms with Crippen LogP contribution in [0.1, 0.15) is 29.5 Å². The van der Waals surface area contributed by atoms with Crippen molar-refractivity contribution in [3.63, 3.8) is 0 Å². The Morgan fingerprint density at radius 3 is 2.72 bits per heavy atom. The highest BCUT2D eigenvalue weighted by Gasteiger charge is 2.21. The first-order valence-corrected chi connectivity index (χ1v) is 8.49. The molecule has 3 nitrogen and oxygen atoms in total. The lowest BCUT2D eigenvalue weighted by Crippen LogP contribution is -2.26. The van der Waals surface area contributed by atoms with Gasteiger partial charge in [0.15, 0.2) is 0 Å². The number of carbonyl (C=O) groups excluding carboxylic acids is 1. The lowest BCUT2D eigenvalue weighted by atomic mass is 9.98. The first-order valence-electron chi connectivity index (χ1n) is 7.74. The predicted octanol–water partition coefficient (Wildman–Crippen LogP) is 4.94. The molecule has 25 heavy (non-hydrogen) atoms. The summed E-state index contributed by atoms with van der Waals surface area (Å²) in [5.41, 5.74) is 2.56. The Hall–Kier alpha value is -1.33. The maximum absolute atomic E-state index is 14.6. The SMILES string of the molecule is CC(C(=O)Nc1ccc2c(c1F)CCNC2)c1ccc(Cl)c(Cl)c1.Cl. The highest BCUT2D eigenvalue weighted by Crippen LogP contribution is 2.29. The van der Waals surface area contributed by atoms with Crippen LogP contribution in [-0.4, -0.2) is 12.5 Å². The van der Waals surface area contributed by atoms with Gasteiger partial charge in [0.1, 0.15) is 5.82 Å². The molecule has 0 bridgehead atoms. The van der Waals surface area contributed by atoms with Crippen molar-refractivity contribution in [1.82, 2.24) is 5.32 Å². The summed E-state index contributed by atoms with van der Waals surface area (Å²) in [6.07, 6.45) is 0.618. The van der Waals surface area contributed by atoms with Gasteiger partial charge in [-0.05, 0) is 54.8 Å². The lowest BCUT2D eigenvalue weighted by molar-refractivity contribution is -0.117. The van der Waals surface area contributed by atoms with Crippen LogP contribution < -0.4 is 10.6 Å². The Balaban J connectivity index is 0.00000225. The number of nitrogens with one attached hydrogen (secondary N) is 2. The lowest BCUT2D eigenvalue weighted by Gasteiger charge is -2.20. The molecule has 2 aromatic rings. The molecule has 0 saturated carbocycles. The summed E-state index contributed by atoms with van der Waals surface area (Å²) < 4.78 is 14.6. The van der Waals surface area contributed by atoms with Gasteiger partial charge >= 0.3 is 0 Å². The standard InChI is InChI=1S/C18H17Cl2FN2O.ClH/c1-10(11-2-4-14(19)15(20)8-11)18(24)23-16-5-3-12-9-22-7-6-13(12)17(16)21;/h2-5,8,10,22H,6-7,9H2,1H3,(H,23,24);1H. The highest BCUT2D eigenvalue weighted by molar-refractivity contribution is 6.42. The van der Waals surface area contributed by atoms with Crippen molar-refractivity contribution >= 4 is 47.2 Å². The average molecular weight is 404 g/mol. The van der Waals surface area contributed by atoms with Gasteiger partial charge in [-0.1, -0.05) is 35.3 Å². The van der Waals surface area contributed by atoms with Crippen LogP contribution in [0.2, 0.25) is 10.0 Å². The van der Waals surface area contributed by atoms with Gasteiger partial charge in [-0.25, -0.2) is 4.39 Å². The second-order valence-electron chi connectivity index (χ2n) is 5.88. The molecular weight excluding hydrogens is 386 g/mol. The zero-order valence-corrected chi connectivity index (χ0v) is 15.9. The fourth-order valence-corrected chi connectivity index (χ4v) is 3.11. The van der Waals surface area contributed by atoms with E-state index in [-0.39, 0.29) is 29.8 Å². The molecule has 1 amide bonds. The molecule has 7 heteroatoms. The van der Waals surface area contributed by atoms with Crippen LogP contribution in [0.5, 0.6) is 0 Å². The van der Waals surface area contributed by atoms with Crippen molar-refractivity contribution in [2.75, 3.05) is 11.9 Å². The van der Waals surface area contributed by atoms with Crippen molar-refractivity contribution in [2.24, 2.45) is 0 Å². The minimum atomic E-state index is -0.475. The van der Waals surface area contributed by atoms with Gasteiger partial charge in [-0.15, -0.1) is 12.4 Å². The summed E-state index contributed by atoms with van der Waals surface area (Å²) in [6.45, 7) is 3.14. The van der Waals surface area contributed by atoms with Gasteiger partial charge in [0.25, 0.3) is 0 Å². The second kappa shape index (κ2) is 8.37. The van der Waals surface area contributed by atoms with Gasteiger partial charge in [-0.3, -0.25) is 4.79 Å². The van der Waals surface area contributed by atoms with Crippen molar-refractivity contribution < 1.29 is 9.18 Å². The summed E-state index contributed by atoms with van der Waals surface area (Å²) in [5, 5.41) is 6.71. The summed E-state index contributed by atoms with van der Waals surface area (Å²) in [7, 11) is 0. The molecular formula is C18H18Cl3FN2O. The van der Waals surface area contributed by atoms with Gasteiger partial charge in [0.05, 0.1) is 21.7 Å². The number of amides is 1. The maximum Gasteiger partial charge on any atom is 0.231 e. The number of benzene rings is 2. The Bertz CT molecular complexity index is 798. The van der Waals surface area contributed by atoms with Crippen molar-refractivity contribution in [3.05, 3.63) is 62.9 Å². The van der Waals surface area contributed by atoms with E-state index >= 15 is 0 Å². The Kier molecular flexibility index (Phi) is 6.69. The fraction of sp³-hybridized carbons (Fsp3) is 0.278. The zero-order chi connectivity index (χ0) is 17.3. The van der Waals surface area contributed by atoms with Gasteiger partial charge in [-0.2, -0.15) is 0 Å². The van der Waals surface area contributed by atoms with Crippen molar-refractivity contribution in [2.45, 2.75) is 25.8 Å². The topological polar surface area (TPSA) is 41.1 Å². The third kappa shape index (κ3) is 4.26. The Morgan fingerprint density at radius 2 is 2.00 bits per heavy atom. The molecule has 0 radical (unpaired) electrons. The number of halogens is 4. The largest absolute Gasteiger partial charge is 0.323 e. The summed E-state index contributed by atoms with van der Waals surface area (Å²) >= 11 is 11.9. The van der Waals surface area contributed by atoms with Crippen LogP contribution in [0.25, 0.3) is 0 Å². The van der Waals surface area contributed by atoms with E-state index in [1.807, 2.05) is 6.07 Å². The third-order valence-corrected chi connectivity index (χ3v) is 5.04. The van der Waals surface area contributed by atoms with E-state index in [2.05, 4.69) is 10.6 Å². The normalized spacial score (nSPS) is 14.2. The highest BCUT2D eigenvalue weighted by atomic mass is 35.5. The van der Waals surface area contributed by atoms with Crippen LogP contribution in [0.4, 0.5) is 10.1 Å². The van der Waals surface area contributed by atoms with E-state index in [0.29, 0.717) is 28.6 Å². The Morgan fingerprint density at radius 1 is 1.24 bits per heavy atom. The molecule has 1 unspecified atom stereocenters. The molecule has 2 N–H and O–H groups in total. The molecule has 0 aromatic heterocycles. The van der Waals surface area contributed by atoms with Crippen LogP contribution in [0.3, 0.4) is 0 Å². The molecule has 0 fully saturated rings. The second-order valence-corrected chi connectivity index (χ2v) is 6.69. The molecule has 1 atom stereocenters. The third-order valence-electron chi connectivity index (χ3n) is 4.30. The minimum absolute atomic E-state index is 0. The molecule has 1 aliphatic heterocycles. The van der Waals surface area contributed by atoms with Crippen molar-refractivity contribution in [1.29, 1.82) is 0 Å². The molecule has 134 valence electrons. The minimum Gasteiger partial charge on any atom is -0.323 e. The van der Waals surface area contributed by atoms with E-state index in [0.717, 1.165) is 17.7 Å². The molecule has 3 rings (SSSR count). The molecule has 2 aromatic carbocycles. The van der Waals surface area contributed by atoms with E-state index in [1.165, 1.54) is 0 Å². The van der Waals surface area contributed by atoms with Crippen LogP contribution in [0, 0.1) is 5.82 Å². The van der Waals surface area contributed by atoms with E-state index in [1.54, 1.807) is 31.2 Å². The summed E-state index contributed by atoms with van der Waals surface area (Å²) in [4.78, 5) is 12.5. The number of fused-ring (bicyclic) bond motifs is 1. The van der Waals surface area contributed by atoms with Crippen molar-refractivity contribution in [3.8, 4) is 0 Å². The van der Waals surface area contributed by atoms with Crippen LogP contribution in [-0.2, 0) is 17.8 Å². The maximum atomic E-state index is 14.6. The zero-order valence-electron chi connectivity index (χ0n) is 13.5. The van der Waals surface area contributed by atoms with E-state index in [4.69, 9.17) is 23.2 Å². The molecule has 0 aliphatic carbocycles. The number of hydrogen-bond donors (Lipinski definition) is 2. The quantitative estimate of drug-likeness (QED) is 0.762. The van der Waals surface area contributed by atoms with Crippen LogP contribution in [0.15, 0.2) is 30.3 Å². The predicted molar refractivity (Wildman–Crippen MR) is 103 cm³/mol. The van der Waals surface area contributed by atoms with Gasteiger partial charge in [0.2, 0.25) is 5.91 Å². The van der Waals surface area contributed by atoms with E-state index < -0.39 is 5.92 Å². The van der Waals surface area contributed by atoms with Crippen LogP contribution >= 0.6 is 35.6 Å². The first-order chi connectivity index (χ1) is 11.5. The number of anilines is 1. The Labute approximate surface area is 162 Å². The fourth-order valence-electron chi connectivity index (χ4n) is 2.80. The summed E-state index contributed by atoms with van der Waals surface area (Å²) in [6, 6.07) is 8.51. The number of rotatable bonds is 3. The number of hydrogen-bond acceptors (Lipinski definition) is 2. The first kappa shape index (κ1) is 20.0. The summed E-state index contributed by atoms with van der Waals surface area (Å²) in [5.74, 6) is -1.11. The molecule has 1 aliphatic rings. The monoisotopic (exact) mass is 402 g/mol. The molecule has 1 heterocycles. The van der Waals surface area contributed by atoms with Gasteiger partial charge in [0, 0.05) is 6.54 Å². The van der Waals surface area contributed by atoms with Gasteiger partial charge < -0.3 is 10.6 Å². The van der Waals surface area contributed by atoms with E-state index in [9.17, 15) is 9.18 Å². The molecule has 0 saturated heterocycles. The number of carbonyl (C=O) groups is 1. The molecule has 0 spiro atoms.